The van der Waals surface area contributed by atoms with E-state index in [4.69, 9.17) is 0 Å². The standard InChI is InChI=1S/C12H10F3N5O3S/c1-6(2)20-10-8(18-19-20)4-3-7-5-16-11(17-9(7)10)23-24(21,22)12(13,14)15/h3-6H,1-2H3. The lowest BCUT2D eigenvalue weighted by Gasteiger charge is -2.09. The molecule has 24 heavy (non-hydrogen) atoms. The monoisotopic (exact) mass is 361 g/mol. The quantitative estimate of drug-likeness (QED) is 0.521. The molecule has 1 aromatic carbocycles. The number of nitrogens with zero attached hydrogens (tertiary/aromatic N) is 5. The van der Waals surface area contributed by atoms with Gasteiger partial charge in [-0.3, -0.25) is 0 Å². The van der Waals surface area contributed by atoms with Crippen molar-refractivity contribution in [1.82, 2.24) is 25.0 Å². The van der Waals surface area contributed by atoms with E-state index < -0.39 is 21.6 Å². The largest absolute Gasteiger partial charge is 0.534 e. The second-order valence-corrected chi connectivity index (χ2v) is 6.67. The molecular weight excluding hydrogens is 351 g/mol. The van der Waals surface area contributed by atoms with Gasteiger partial charge in [0, 0.05) is 17.6 Å². The minimum absolute atomic E-state index is 0.0983. The molecule has 128 valence electrons. The number of halogens is 3. The van der Waals surface area contributed by atoms with Gasteiger partial charge in [0.15, 0.2) is 0 Å². The number of alkyl halides is 3. The molecule has 0 fully saturated rings. The molecule has 0 unspecified atom stereocenters. The second kappa shape index (κ2) is 5.26. The number of hydrogen-bond donors (Lipinski definition) is 0. The van der Waals surface area contributed by atoms with Gasteiger partial charge in [-0.2, -0.15) is 26.6 Å². The Kier molecular flexibility index (Phi) is 3.59. The predicted molar refractivity (Wildman–Crippen MR) is 76.6 cm³/mol. The minimum atomic E-state index is -5.85. The number of benzene rings is 1. The lowest BCUT2D eigenvalue weighted by atomic mass is 10.2. The van der Waals surface area contributed by atoms with Crippen LogP contribution in [0.1, 0.15) is 19.9 Å². The molecule has 0 N–H and O–H groups in total. The Morgan fingerprint density at radius 1 is 1.25 bits per heavy atom. The molecule has 0 bridgehead atoms. The number of aromatic nitrogens is 5. The number of hydrogen-bond acceptors (Lipinski definition) is 7. The van der Waals surface area contributed by atoms with E-state index in [-0.39, 0.29) is 11.6 Å². The van der Waals surface area contributed by atoms with Gasteiger partial charge in [-0.1, -0.05) is 5.21 Å². The van der Waals surface area contributed by atoms with Crippen molar-refractivity contribution >= 4 is 32.1 Å². The first-order valence-corrected chi connectivity index (χ1v) is 8.02. The molecule has 0 atom stereocenters. The summed E-state index contributed by atoms with van der Waals surface area (Å²) < 4.78 is 64.9. The van der Waals surface area contributed by atoms with Crippen LogP contribution >= 0.6 is 0 Å². The van der Waals surface area contributed by atoms with Crippen molar-refractivity contribution in [3.8, 4) is 6.01 Å². The van der Waals surface area contributed by atoms with Gasteiger partial charge < -0.3 is 4.18 Å². The molecule has 0 aliphatic rings. The minimum Gasteiger partial charge on any atom is -0.337 e. The Morgan fingerprint density at radius 2 is 1.96 bits per heavy atom. The third-order valence-corrected chi connectivity index (χ3v) is 4.05. The molecule has 8 nitrogen and oxygen atoms in total. The normalized spacial score (nSPS) is 13.1. The topological polar surface area (TPSA) is 99.9 Å². The fourth-order valence-corrected chi connectivity index (χ4v) is 2.42. The average molecular weight is 361 g/mol. The fourth-order valence-electron chi connectivity index (χ4n) is 2.05. The van der Waals surface area contributed by atoms with Gasteiger partial charge in [0.05, 0.1) is 0 Å². The van der Waals surface area contributed by atoms with Gasteiger partial charge in [0.2, 0.25) is 0 Å². The van der Waals surface area contributed by atoms with E-state index in [1.54, 1.807) is 12.1 Å². The zero-order chi connectivity index (χ0) is 17.7. The van der Waals surface area contributed by atoms with Crippen LogP contribution in [0, 0.1) is 0 Å². The van der Waals surface area contributed by atoms with E-state index in [1.165, 1.54) is 10.9 Å². The molecule has 3 rings (SSSR count). The molecule has 0 saturated carbocycles. The Labute approximate surface area is 133 Å². The van der Waals surface area contributed by atoms with Crippen LogP contribution in [0.2, 0.25) is 0 Å². The Bertz CT molecular complexity index is 1030. The second-order valence-electron chi connectivity index (χ2n) is 5.13. The summed E-state index contributed by atoms with van der Waals surface area (Å²) >= 11 is 0. The summed E-state index contributed by atoms with van der Waals surface area (Å²) in [7, 11) is -5.85. The maximum Gasteiger partial charge on any atom is 0.534 e. The Hall–Kier alpha value is -2.50. The first kappa shape index (κ1) is 16.4. The van der Waals surface area contributed by atoms with E-state index in [9.17, 15) is 21.6 Å². The van der Waals surface area contributed by atoms with Crippen LogP contribution in [0.5, 0.6) is 6.01 Å². The summed E-state index contributed by atoms with van der Waals surface area (Å²) in [5.74, 6) is 0. The summed E-state index contributed by atoms with van der Waals surface area (Å²) in [5.41, 5.74) is -4.48. The van der Waals surface area contributed by atoms with Crippen LogP contribution in [0.4, 0.5) is 13.2 Å². The van der Waals surface area contributed by atoms with Gasteiger partial charge in [-0.05, 0) is 26.0 Å². The van der Waals surface area contributed by atoms with E-state index >= 15 is 0 Å². The molecule has 2 heterocycles. The highest BCUT2D eigenvalue weighted by Gasteiger charge is 2.49. The number of rotatable bonds is 3. The SMILES string of the molecule is CC(C)n1nnc2ccc3cnc(OS(=O)(=O)C(F)(F)F)nc3c21. The van der Waals surface area contributed by atoms with Crippen LogP contribution < -0.4 is 4.18 Å². The van der Waals surface area contributed by atoms with Gasteiger partial charge >= 0.3 is 21.6 Å². The lowest BCUT2D eigenvalue weighted by molar-refractivity contribution is -0.0502. The van der Waals surface area contributed by atoms with Gasteiger partial charge in [0.25, 0.3) is 0 Å². The highest BCUT2D eigenvalue weighted by Crippen LogP contribution is 2.28. The summed E-state index contributed by atoms with van der Waals surface area (Å²) in [4.78, 5) is 7.31. The van der Waals surface area contributed by atoms with E-state index in [0.717, 1.165) is 0 Å². The maximum atomic E-state index is 12.4. The molecule has 2 aromatic heterocycles. The first-order valence-electron chi connectivity index (χ1n) is 6.61. The Morgan fingerprint density at radius 3 is 2.58 bits per heavy atom. The van der Waals surface area contributed by atoms with E-state index in [2.05, 4.69) is 24.5 Å². The summed E-state index contributed by atoms with van der Waals surface area (Å²) in [6.07, 6.45) is 1.17. The molecule has 12 heteroatoms. The molecule has 0 spiro atoms. The van der Waals surface area contributed by atoms with Gasteiger partial charge in [-0.25, -0.2) is 9.67 Å². The molecule has 3 aromatic rings. The van der Waals surface area contributed by atoms with E-state index in [0.29, 0.717) is 16.4 Å². The predicted octanol–water partition coefficient (Wildman–Crippen LogP) is 2.18. The van der Waals surface area contributed by atoms with Gasteiger partial charge in [0.1, 0.15) is 16.6 Å². The zero-order valence-corrected chi connectivity index (χ0v) is 13.1. The smallest absolute Gasteiger partial charge is 0.337 e. The third kappa shape index (κ3) is 2.62. The van der Waals surface area contributed by atoms with Crippen molar-refractivity contribution in [2.45, 2.75) is 25.4 Å². The van der Waals surface area contributed by atoms with E-state index in [1.807, 2.05) is 13.8 Å². The highest BCUT2D eigenvalue weighted by atomic mass is 32.2. The Balaban J connectivity index is 2.20. The fraction of sp³-hybridized carbons (Fsp3) is 0.333. The molecule has 0 amide bonds. The van der Waals surface area contributed by atoms with Crippen LogP contribution in [0.3, 0.4) is 0 Å². The molecule has 0 radical (unpaired) electrons. The van der Waals surface area contributed by atoms with Gasteiger partial charge in [-0.15, -0.1) is 5.10 Å². The molecule has 0 saturated heterocycles. The van der Waals surface area contributed by atoms with Crippen molar-refractivity contribution in [3.05, 3.63) is 18.3 Å². The van der Waals surface area contributed by atoms with Crippen LogP contribution in [0.15, 0.2) is 18.3 Å². The summed E-state index contributed by atoms with van der Waals surface area (Å²) in [6.45, 7) is 3.67. The first-order chi connectivity index (χ1) is 11.1. The van der Waals surface area contributed by atoms with Crippen molar-refractivity contribution in [1.29, 1.82) is 0 Å². The summed E-state index contributed by atoms with van der Waals surface area (Å²) in [5, 5.41) is 8.38. The number of fused-ring (bicyclic) bond motifs is 3. The van der Waals surface area contributed by atoms with Crippen molar-refractivity contribution in [2.24, 2.45) is 0 Å². The molecule has 0 aliphatic carbocycles. The maximum absolute atomic E-state index is 12.4. The summed E-state index contributed by atoms with van der Waals surface area (Å²) in [6, 6.07) is 2.22. The van der Waals surface area contributed by atoms with Crippen LogP contribution in [0.25, 0.3) is 21.9 Å². The van der Waals surface area contributed by atoms with Crippen molar-refractivity contribution < 1.29 is 25.8 Å². The highest BCUT2D eigenvalue weighted by molar-refractivity contribution is 7.87. The van der Waals surface area contributed by atoms with Crippen molar-refractivity contribution in [2.75, 3.05) is 0 Å². The van der Waals surface area contributed by atoms with Crippen LogP contribution in [-0.2, 0) is 10.1 Å². The van der Waals surface area contributed by atoms with Crippen LogP contribution in [-0.4, -0.2) is 38.9 Å². The van der Waals surface area contributed by atoms with Crippen molar-refractivity contribution in [3.63, 3.8) is 0 Å². The zero-order valence-electron chi connectivity index (χ0n) is 12.3. The molecule has 0 aliphatic heterocycles. The molecular formula is C12H10F3N5O3S. The lowest BCUT2D eigenvalue weighted by Crippen LogP contribution is -2.28. The third-order valence-electron chi connectivity index (χ3n) is 3.12. The average Bonchev–Trinajstić information content (AvgIpc) is 2.90.